The highest BCUT2D eigenvalue weighted by molar-refractivity contribution is 4.84. The second kappa shape index (κ2) is 5.50. The third-order valence-electron chi connectivity index (χ3n) is 4.49. The molecule has 2 rings (SSSR count). The SMILES string of the molecule is CC1CC(C)CC(NCC2CCCN2C)C1. The summed E-state index contributed by atoms with van der Waals surface area (Å²) >= 11 is 0. The summed E-state index contributed by atoms with van der Waals surface area (Å²) in [6.45, 7) is 7.32. The lowest BCUT2D eigenvalue weighted by molar-refractivity contribution is 0.220. The summed E-state index contributed by atoms with van der Waals surface area (Å²) in [6.07, 6.45) is 6.99. The number of hydrogen-bond acceptors (Lipinski definition) is 2. The van der Waals surface area contributed by atoms with E-state index in [1.807, 2.05) is 0 Å². The van der Waals surface area contributed by atoms with Crippen LogP contribution in [-0.2, 0) is 0 Å². The smallest absolute Gasteiger partial charge is 0.0218 e. The monoisotopic (exact) mass is 224 g/mol. The van der Waals surface area contributed by atoms with E-state index in [9.17, 15) is 0 Å². The number of rotatable bonds is 3. The first-order valence-electron chi connectivity index (χ1n) is 7.08. The molecule has 3 atom stereocenters. The van der Waals surface area contributed by atoms with Gasteiger partial charge in [0.05, 0.1) is 0 Å². The van der Waals surface area contributed by atoms with E-state index in [-0.39, 0.29) is 0 Å². The van der Waals surface area contributed by atoms with Crippen LogP contribution in [0.25, 0.3) is 0 Å². The van der Waals surface area contributed by atoms with Gasteiger partial charge in [-0.2, -0.15) is 0 Å². The minimum absolute atomic E-state index is 0.785. The molecule has 3 unspecified atom stereocenters. The summed E-state index contributed by atoms with van der Waals surface area (Å²) in [5, 5.41) is 3.81. The zero-order valence-corrected chi connectivity index (χ0v) is 11.2. The summed E-state index contributed by atoms with van der Waals surface area (Å²) in [6, 6.07) is 1.58. The third kappa shape index (κ3) is 3.21. The normalized spacial score (nSPS) is 41.4. The third-order valence-corrected chi connectivity index (χ3v) is 4.49. The Balaban J connectivity index is 1.72. The van der Waals surface area contributed by atoms with E-state index >= 15 is 0 Å². The maximum atomic E-state index is 3.81. The Labute approximate surface area is 101 Å². The first-order chi connectivity index (χ1) is 7.65. The van der Waals surface area contributed by atoms with Crippen LogP contribution in [0.15, 0.2) is 0 Å². The van der Waals surface area contributed by atoms with Gasteiger partial charge in [0.1, 0.15) is 0 Å². The average Bonchev–Trinajstić information content (AvgIpc) is 2.59. The molecule has 2 aliphatic rings. The fraction of sp³-hybridized carbons (Fsp3) is 1.00. The van der Waals surface area contributed by atoms with E-state index in [2.05, 4.69) is 31.1 Å². The molecule has 2 fully saturated rings. The molecule has 1 saturated heterocycles. The molecule has 0 aromatic carbocycles. The molecule has 0 amide bonds. The van der Waals surface area contributed by atoms with Crippen molar-refractivity contribution < 1.29 is 0 Å². The summed E-state index contributed by atoms with van der Waals surface area (Å²) in [4.78, 5) is 2.52. The Bertz CT molecular complexity index is 207. The maximum absolute atomic E-state index is 3.81. The van der Waals surface area contributed by atoms with E-state index in [1.54, 1.807) is 0 Å². The molecule has 0 aromatic heterocycles. The van der Waals surface area contributed by atoms with Crippen LogP contribution in [0.4, 0.5) is 0 Å². The molecule has 94 valence electrons. The van der Waals surface area contributed by atoms with Crippen LogP contribution in [0.2, 0.25) is 0 Å². The predicted octanol–water partition coefficient (Wildman–Crippen LogP) is 2.49. The summed E-state index contributed by atoms with van der Waals surface area (Å²) < 4.78 is 0. The molecule has 2 nitrogen and oxygen atoms in total. The van der Waals surface area contributed by atoms with Crippen LogP contribution < -0.4 is 5.32 Å². The van der Waals surface area contributed by atoms with Crippen molar-refractivity contribution in [3.63, 3.8) is 0 Å². The highest BCUT2D eigenvalue weighted by Gasteiger charge is 2.26. The molecule has 0 bridgehead atoms. The van der Waals surface area contributed by atoms with Gasteiger partial charge in [0.25, 0.3) is 0 Å². The van der Waals surface area contributed by atoms with Crippen LogP contribution in [0.1, 0.15) is 46.0 Å². The van der Waals surface area contributed by atoms with Gasteiger partial charge in [-0.15, -0.1) is 0 Å². The van der Waals surface area contributed by atoms with Crippen molar-refractivity contribution in [2.45, 2.75) is 58.0 Å². The molecule has 1 aliphatic heterocycles. The molecular formula is C14H28N2. The lowest BCUT2D eigenvalue weighted by Gasteiger charge is -2.33. The second-order valence-corrected chi connectivity index (χ2v) is 6.30. The van der Waals surface area contributed by atoms with Crippen molar-refractivity contribution in [2.24, 2.45) is 11.8 Å². The highest BCUT2D eigenvalue weighted by Crippen LogP contribution is 2.28. The average molecular weight is 224 g/mol. The van der Waals surface area contributed by atoms with E-state index in [1.165, 1.54) is 45.2 Å². The van der Waals surface area contributed by atoms with Gasteiger partial charge in [0, 0.05) is 18.6 Å². The zero-order valence-electron chi connectivity index (χ0n) is 11.2. The lowest BCUT2D eigenvalue weighted by Crippen LogP contribution is -2.43. The molecule has 0 radical (unpaired) electrons. The Morgan fingerprint density at radius 2 is 1.81 bits per heavy atom. The lowest BCUT2D eigenvalue weighted by atomic mass is 9.80. The summed E-state index contributed by atoms with van der Waals surface area (Å²) in [7, 11) is 2.27. The minimum Gasteiger partial charge on any atom is -0.312 e. The van der Waals surface area contributed by atoms with Crippen LogP contribution in [0.3, 0.4) is 0 Å². The molecule has 0 aromatic rings. The van der Waals surface area contributed by atoms with Crippen LogP contribution in [-0.4, -0.2) is 37.1 Å². The largest absolute Gasteiger partial charge is 0.312 e. The van der Waals surface area contributed by atoms with Gasteiger partial charge in [-0.05, 0) is 57.5 Å². The Kier molecular flexibility index (Phi) is 4.26. The van der Waals surface area contributed by atoms with Gasteiger partial charge in [-0.25, -0.2) is 0 Å². The van der Waals surface area contributed by atoms with Crippen molar-refractivity contribution in [1.82, 2.24) is 10.2 Å². The van der Waals surface area contributed by atoms with Crippen LogP contribution in [0, 0.1) is 11.8 Å². The standard InChI is InChI=1S/C14H28N2/c1-11-7-12(2)9-13(8-11)15-10-14-5-4-6-16(14)3/h11-15H,4-10H2,1-3H3. The van der Waals surface area contributed by atoms with Crippen molar-refractivity contribution in [3.05, 3.63) is 0 Å². The fourth-order valence-electron chi connectivity index (χ4n) is 3.65. The van der Waals surface area contributed by atoms with Crippen molar-refractivity contribution >= 4 is 0 Å². The van der Waals surface area contributed by atoms with Gasteiger partial charge in [0.15, 0.2) is 0 Å². The van der Waals surface area contributed by atoms with Gasteiger partial charge in [-0.1, -0.05) is 13.8 Å². The predicted molar refractivity (Wildman–Crippen MR) is 69.6 cm³/mol. The maximum Gasteiger partial charge on any atom is 0.0218 e. The molecule has 1 aliphatic carbocycles. The molecule has 0 spiro atoms. The number of nitrogens with zero attached hydrogens (tertiary/aromatic N) is 1. The number of likely N-dealkylation sites (tertiary alicyclic amines) is 1. The molecule has 1 saturated carbocycles. The molecule has 16 heavy (non-hydrogen) atoms. The molecule has 2 heteroatoms. The molecule has 1 N–H and O–H groups in total. The summed E-state index contributed by atoms with van der Waals surface area (Å²) in [5.74, 6) is 1.84. The molecular weight excluding hydrogens is 196 g/mol. The second-order valence-electron chi connectivity index (χ2n) is 6.30. The van der Waals surface area contributed by atoms with Crippen molar-refractivity contribution in [3.8, 4) is 0 Å². The zero-order chi connectivity index (χ0) is 11.5. The van der Waals surface area contributed by atoms with E-state index in [4.69, 9.17) is 0 Å². The number of nitrogens with one attached hydrogen (secondary N) is 1. The van der Waals surface area contributed by atoms with Gasteiger partial charge < -0.3 is 10.2 Å². The van der Waals surface area contributed by atoms with E-state index < -0.39 is 0 Å². The fourth-order valence-corrected chi connectivity index (χ4v) is 3.65. The van der Waals surface area contributed by atoms with Gasteiger partial charge in [-0.3, -0.25) is 0 Å². The number of hydrogen-bond donors (Lipinski definition) is 1. The first-order valence-corrected chi connectivity index (χ1v) is 7.08. The highest BCUT2D eigenvalue weighted by atomic mass is 15.2. The van der Waals surface area contributed by atoms with Crippen molar-refractivity contribution in [1.29, 1.82) is 0 Å². The molecule has 1 heterocycles. The Hall–Kier alpha value is -0.0800. The van der Waals surface area contributed by atoms with Gasteiger partial charge >= 0.3 is 0 Å². The topological polar surface area (TPSA) is 15.3 Å². The van der Waals surface area contributed by atoms with Gasteiger partial charge in [0.2, 0.25) is 0 Å². The summed E-state index contributed by atoms with van der Waals surface area (Å²) in [5.41, 5.74) is 0. The van der Waals surface area contributed by atoms with Crippen LogP contribution in [0.5, 0.6) is 0 Å². The Morgan fingerprint density at radius 3 is 2.38 bits per heavy atom. The van der Waals surface area contributed by atoms with E-state index in [0.717, 1.165) is 23.9 Å². The van der Waals surface area contributed by atoms with E-state index in [0.29, 0.717) is 0 Å². The minimum atomic E-state index is 0.785. The van der Waals surface area contributed by atoms with Crippen molar-refractivity contribution in [2.75, 3.05) is 20.1 Å². The Morgan fingerprint density at radius 1 is 1.12 bits per heavy atom. The van der Waals surface area contributed by atoms with Crippen LogP contribution >= 0.6 is 0 Å². The first kappa shape index (κ1) is 12.4. The quantitative estimate of drug-likeness (QED) is 0.792. The number of likely N-dealkylation sites (N-methyl/N-ethyl adjacent to an activating group) is 1.